The number of aliphatic hydroxyl groups excluding tert-OH is 1. The average molecular weight is 319 g/mol. The van der Waals surface area contributed by atoms with Crippen LogP contribution in [0.5, 0.6) is 5.75 Å². The molecular weight excluding hydrogens is 299 g/mol. The van der Waals surface area contributed by atoms with Crippen LogP contribution in [-0.2, 0) is 11.0 Å². The van der Waals surface area contributed by atoms with E-state index >= 15 is 0 Å². The maximum absolute atomic E-state index is 12.4. The average Bonchev–Trinajstić information content (AvgIpc) is 2.44. The molecule has 1 rings (SSSR count). The Hall–Kier alpha value is -1.76. The van der Waals surface area contributed by atoms with Crippen molar-refractivity contribution in [2.24, 2.45) is 5.92 Å². The van der Waals surface area contributed by atoms with Crippen molar-refractivity contribution in [1.82, 2.24) is 5.32 Å². The molecule has 1 unspecified atom stereocenters. The summed E-state index contributed by atoms with van der Waals surface area (Å²) >= 11 is 0. The van der Waals surface area contributed by atoms with Crippen LogP contribution in [0.25, 0.3) is 0 Å². The number of carbonyl (C=O) groups excluding carboxylic acids is 1. The zero-order chi connectivity index (χ0) is 16.8. The number of hydrogen-bond donors (Lipinski definition) is 2. The Bertz CT molecular complexity index is 472. The van der Waals surface area contributed by atoms with Crippen molar-refractivity contribution in [2.75, 3.05) is 13.2 Å². The first-order chi connectivity index (χ1) is 10.2. The van der Waals surface area contributed by atoms with E-state index in [0.717, 1.165) is 12.1 Å². The van der Waals surface area contributed by atoms with E-state index in [-0.39, 0.29) is 36.8 Å². The third kappa shape index (κ3) is 5.93. The molecule has 0 fully saturated rings. The van der Waals surface area contributed by atoms with E-state index in [4.69, 9.17) is 9.84 Å². The van der Waals surface area contributed by atoms with Gasteiger partial charge in [0.05, 0.1) is 5.56 Å². The van der Waals surface area contributed by atoms with Crippen LogP contribution in [0.4, 0.5) is 13.2 Å². The van der Waals surface area contributed by atoms with Gasteiger partial charge in [-0.1, -0.05) is 13.8 Å². The summed E-state index contributed by atoms with van der Waals surface area (Å²) in [5, 5.41) is 11.6. The molecule has 0 aliphatic heterocycles. The first-order valence-electron chi connectivity index (χ1n) is 6.94. The highest BCUT2D eigenvalue weighted by molar-refractivity contribution is 5.77. The Kier molecular flexibility index (Phi) is 6.67. The van der Waals surface area contributed by atoms with Gasteiger partial charge < -0.3 is 15.2 Å². The fourth-order valence-corrected chi connectivity index (χ4v) is 1.85. The van der Waals surface area contributed by atoms with Gasteiger partial charge in [-0.2, -0.15) is 13.2 Å². The van der Waals surface area contributed by atoms with Gasteiger partial charge in [-0.15, -0.1) is 0 Å². The molecule has 7 heteroatoms. The van der Waals surface area contributed by atoms with E-state index in [9.17, 15) is 18.0 Å². The topological polar surface area (TPSA) is 58.6 Å². The lowest BCUT2D eigenvalue weighted by Crippen LogP contribution is -2.41. The lowest BCUT2D eigenvalue weighted by Gasteiger charge is -2.21. The van der Waals surface area contributed by atoms with Crippen LogP contribution in [-0.4, -0.2) is 30.3 Å². The van der Waals surface area contributed by atoms with Gasteiger partial charge >= 0.3 is 6.18 Å². The van der Waals surface area contributed by atoms with Gasteiger partial charge in [-0.05, 0) is 36.6 Å². The number of rotatable bonds is 7. The molecular formula is C15H20F3NO3. The number of nitrogens with one attached hydrogen (secondary N) is 1. The van der Waals surface area contributed by atoms with E-state index in [1.54, 1.807) is 0 Å². The van der Waals surface area contributed by atoms with Gasteiger partial charge in [0.15, 0.2) is 6.61 Å². The van der Waals surface area contributed by atoms with Gasteiger partial charge in [-0.25, -0.2) is 0 Å². The summed E-state index contributed by atoms with van der Waals surface area (Å²) in [4.78, 5) is 11.7. The molecule has 2 N–H and O–H groups in total. The van der Waals surface area contributed by atoms with E-state index in [2.05, 4.69) is 5.32 Å². The summed E-state index contributed by atoms with van der Waals surface area (Å²) in [6.07, 6.45) is -3.96. The Balaban J connectivity index is 2.50. The molecule has 0 aliphatic rings. The van der Waals surface area contributed by atoms with Gasteiger partial charge in [0.2, 0.25) is 0 Å². The second kappa shape index (κ2) is 8.03. The first kappa shape index (κ1) is 18.3. The minimum atomic E-state index is -4.40. The summed E-state index contributed by atoms with van der Waals surface area (Å²) in [5.41, 5.74) is -0.771. The van der Waals surface area contributed by atoms with Gasteiger partial charge in [0.1, 0.15) is 5.75 Å². The van der Waals surface area contributed by atoms with Crippen molar-refractivity contribution < 1.29 is 27.8 Å². The third-order valence-electron chi connectivity index (χ3n) is 3.14. The second-order valence-corrected chi connectivity index (χ2v) is 5.24. The molecule has 0 aliphatic carbocycles. The molecule has 1 aromatic rings. The van der Waals surface area contributed by atoms with Crippen LogP contribution < -0.4 is 10.1 Å². The standard InChI is InChI=1S/C15H20F3NO3/c1-10(2)13(7-8-20)19-14(21)9-22-12-5-3-11(4-6-12)15(16,17)18/h3-6,10,13,20H,7-9H2,1-2H3,(H,19,21). The predicted molar refractivity (Wildman–Crippen MR) is 75.4 cm³/mol. The molecule has 22 heavy (non-hydrogen) atoms. The van der Waals surface area contributed by atoms with E-state index in [1.165, 1.54) is 12.1 Å². The van der Waals surface area contributed by atoms with Crippen LogP contribution in [0, 0.1) is 5.92 Å². The molecule has 0 saturated carbocycles. The fourth-order valence-electron chi connectivity index (χ4n) is 1.85. The van der Waals surface area contributed by atoms with Crippen LogP contribution in [0.15, 0.2) is 24.3 Å². The smallest absolute Gasteiger partial charge is 0.416 e. The normalized spacial score (nSPS) is 13.0. The lowest BCUT2D eigenvalue weighted by atomic mass is 10.0. The van der Waals surface area contributed by atoms with E-state index < -0.39 is 11.7 Å². The maximum Gasteiger partial charge on any atom is 0.416 e. The number of carbonyl (C=O) groups is 1. The van der Waals surface area contributed by atoms with Crippen molar-refractivity contribution in [2.45, 2.75) is 32.5 Å². The van der Waals surface area contributed by atoms with Crippen LogP contribution >= 0.6 is 0 Å². The minimum absolute atomic E-state index is 0.0388. The Morgan fingerprint density at radius 3 is 2.32 bits per heavy atom. The Morgan fingerprint density at radius 2 is 1.86 bits per heavy atom. The predicted octanol–water partition coefficient (Wildman–Crippen LogP) is 2.61. The SMILES string of the molecule is CC(C)C(CCO)NC(=O)COc1ccc(C(F)(F)F)cc1. The number of alkyl halides is 3. The minimum Gasteiger partial charge on any atom is -0.484 e. The molecule has 1 atom stereocenters. The molecule has 4 nitrogen and oxygen atoms in total. The molecule has 1 amide bonds. The number of hydrogen-bond acceptors (Lipinski definition) is 3. The van der Waals surface area contributed by atoms with Crippen LogP contribution in [0.3, 0.4) is 0 Å². The van der Waals surface area contributed by atoms with Gasteiger partial charge in [0.25, 0.3) is 5.91 Å². The fraction of sp³-hybridized carbons (Fsp3) is 0.533. The summed E-state index contributed by atoms with van der Waals surface area (Å²) in [6, 6.07) is 3.97. The van der Waals surface area contributed by atoms with Crippen molar-refractivity contribution in [3.63, 3.8) is 0 Å². The van der Waals surface area contributed by atoms with Gasteiger partial charge in [-0.3, -0.25) is 4.79 Å². The molecule has 0 spiro atoms. The Labute approximate surface area is 127 Å². The van der Waals surface area contributed by atoms with Crippen molar-refractivity contribution in [3.05, 3.63) is 29.8 Å². The molecule has 0 bridgehead atoms. The highest BCUT2D eigenvalue weighted by Crippen LogP contribution is 2.30. The Morgan fingerprint density at radius 1 is 1.27 bits per heavy atom. The van der Waals surface area contributed by atoms with E-state index in [1.807, 2.05) is 13.8 Å². The van der Waals surface area contributed by atoms with Crippen LogP contribution in [0.1, 0.15) is 25.8 Å². The molecule has 124 valence electrons. The van der Waals surface area contributed by atoms with Crippen LogP contribution in [0.2, 0.25) is 0 Å². The number of benzene rings is 1. The van der Waals surface area contributed by atoms with Crippen molar-refractivity contribution >= 4 is 5.91 Å². The summed E-state index contributed by atoms with van der Waals surface area (Å²) in [5.74, 6) is -0.0411. The quantitative estimate of drug-likeness (QED) is 0.812. The monoisotopic (exact) mass is 319 g/mol. The molecule has 1 aromatic carbocycles. The molecule has 0 radical (unpaired) electrons. The van der Waals surface area contributed by atoms with Crippen molar-refractivity contribution in [3.8, 4) is 5.75 Å². The largest absolute Gasteiger partial charge is 0.484 e. The molecule has 0 saturated heterocycles. The molecule has 0 aromatic heterocycles. The highest BCUT2D eigenvalue weighted by Gasteiger charge is 2.30. The van der Waals surface area contributed by atoms with Crippen molar-refractivity contribution in [1.29, 1.82) is 0 Å². The number of halogens is 3. The number of amides is 1. The second-order valence-electron chi connectivity index (χ2n) is 5.24. The lowest BCUT2D eigenvalue weighted by molar-refractivity contribution is -0.137. The zero-order valence-electron chi connectivity index (χ0n) is 12.5. The third-order valence-corrected chi connectivity index (χ3v) is 3.14. The number of aliphatic hydroxyl groups is 1. The highest BCUT2D eigenvalue weighted by atomic mass is 19.4. The maximum atomic E-state index is 12.4. The number of ether oxygens (including phenoxy) is 1. The summed E-state index contributed by atoms with van der Waals surface area (Å²) < 4.78 is 42.4. The van der Waals surface area contributed by atoms with Gasteiger partial charge in [0, 0.05) is 12.6 Å². The summed E-state index contributed by atoms with van der Waals surface area (Å²) in [6.45, 7) is 3.50. The first-order valence-corrected chi connectivity index (χ1v) is 6.94. The molecule has 0 heterocycles. The summed E-state index contributed by atoms with van der Waals surface area (Å²) in [7, 11) is 0. The zero-order valence-corrected chi connectivity index (χ0v) is 12.5. The van der Waals surface area contributed by atoms with E-state index in [0.29, 0.717) is 6.42 Å².